The molecule has 3 heterocycles. The number of aryl methyl sites for hydroxylation is 1. The van der Waals surface area contributed by atoms with E-state index in [2.05, 4.69) is 15.4 Å². The van der Waals surface area contributed by atoms with Gasteiger partial charge in [-0.3, -0.25) is 4.79 Å². The highest BCUT2D eigenvalue weighted by Gasteiger charge is 2.23. The number of rotatable bonds is 6. The maximum Gasteiger partial charge on any atom is 0.293 e. The number of pyridine rings is 1. The fourth-order valence-corrected chi connectivity index (χ4v) is 3.20. The van der Waals surface area contributed by atoms with Gasteiger partial charge >= 0.3 is 0 Å². The fraction of sp³-hybridized carbons (Fsp3) is 0.350. The number of hydrogen-bond acceptors (Lipinski definition) is 6. The number of nitrogens with zero attached hydrogens (tertiary/aromatic N) is 3. The highest BCUT2D eigenvalue weighted by atomic mass is 19.3. The molecule has 10 heteroatoms. The molecule has 0 unspecified atom stereocenters. The van der Waals surface area contributed by atoms with Crippen LogP contribution in [0.5, 0.6) is 5.75 Å². The van der Waals surface area contributed by atoms with E-state index in [0.717, 1.165) is 10.7 Å². The van der Waals surface area contributed by atoms with Crippen LogP contribution in [0.3, 0.4) is 0 Å². The molecule has 1 N–H and O–H groups in total. The number of benzene rings is 1. The summed E-state index contributed by atoms with van der Waals surface area (Å²) >= 11 is 0. The minimum Gasteiger partial charge on any atom is -0.484 e. The van der Waals surface area contributed by atoms with Gasteiger partial charge in [0.25, 0.3) is 12.0 Å². The topological polar surface area (TPSA) is 78.3 Å². The molecule has 0 radical (unpaired) electrons. The molecular formula is C20H19F3N4O3. The number of anilines is 1. The first-order valence-electron chi connectivity index (χ1n) is 9.29. The van der Waals surface area contributed by atoms with Crippen molar-refractivity contribution in [3.63, 3.8) is 0 Å². The lowest BCUT2D eigenvalue weighted by Crippen LogP contribution is -2.38. The van der Waals surface area contributed by atoms with E-state index in [1.165, 1.54) is 25.4 Å². The number of alkyl halides is 2. The molecule has 30 heavy (non-hydrogen) atoms. The van der Waals surface area contributed by atoms with E-state index in [1.807, 2.05) is 0 Å². The minimum atomic E-state index is -2.92. The second-order valence-electron chi connectivity index (χ2n) is 7.04. The molecule has 1 saturated heterocycles. The van der Waals surface area contributed by atoms with Crippen molar-refractivity contribution in [3.05, 3.63) is 57.8 Å². The standard InChI is InChI=1S/C20H19F3N4O3/c1-10(13-4-3-5-14(16(13)21)18(22)23)25-19-15-6-11(30-12-8-29-9-12)7-24-17(15)20(28)27(2)26-19/h3-7,10,12,18H,8-9H2,1-2H3,(H,25,26)/t10-/m1/s1. The molecule has 1 atom stereocenters. The zero-order valence-electron chi connectivity index (χ0n) is 16.2. The monoisotopic (exact) mass is 420 g/mol. The van der Waals surface area contributed by atoms with Gasteiger partial charge < -0.3 is 14.8 Å². The van der Waals surface area contributed by atoms with Crippen molar-refractivity contribution in [2.75, 3.05) is 18.5 Å². The second kappa shape index (κ2) is 7.94. The van der Waals surface area contributed by atoms with Crippen LogP contribution in [0, 0.1) is 5.82 Å². The largest absolute Gasteiger partial charge is 0.484 e. The lowest BCUT2D eigenvalue weighted by Gasteiger charge is -2.26. The third-order valence-corrected chi connectivity index (χ3v) is 4.89. The van der Waals surface area contributed by atoms with Gasteiger partial charge in [-0.25, -0.2) is 22.8 Å². The van der Waals surface area contributed by atoms with Gasteiger partial charge in [-0.05, 0) is 13.0 Å². The Kier molecular flexibility index (Phi) is 5.33. The summed E-state index contributed by atoms with van der Waals surface area (Å²) in [6.45, 7) is 2.55. The van der Waals surface area contributed by atoms with E-state index in [1.54, 1.807) is 13.0 Å². The molecular weight excluding hydrogens is 401 g/mol. The molecule has 1 aliphatic heterocycles. The molecule has 0 bridgehead atoms. The van der Waals surface area contributed by atoms with Crippen molar-refractivity contribution in [1.29, 1.82) is 0 Å². The predicted octanol–water partition coefficient (Wildman–Crippen LogP) is 3.36. The zero-order valence-corrected chi connectivity index (χ0v) is 16.2. The molecule has 4 rings (SSSR count). The lowest BCUT2D eigenvalue weighted by atomic mass is 10.0. The molecule has 1 fully saturated rings. The molecule has 0 amide bonds. The molecule has 158 valence electrons. The normalized spacial score (nSPS) is 15.3. The van der Waals surface area contributed by atoms with Gasteiger partial charge in [-0.15, -0.1) is 0 Å². The van der Waals surface area contributed by atoms with Gasteiger partial charge in [0.2, 0.25) is 0 Å². The third-order valence-electron chi connectivity index (χ3n) is 4.89. The summed E-state index contributed by atoms with van der Waals surface area (Å²) in [5.41, 5.74) is -0.864. The summed E-state index contributed by atoms with van der Waals surface area (Å²) in [5.74, 6) is -0.287. The zero-order chi connectivity index (χ0) is 21.4. The van der Waals surface area contributed by atoms with Crippen LogP contribution in [0.15, 0.2) is 35.3 Å². The third kappa shape index (κ3) is 3.70. The first-order valence-corrected chi connectivity index (χ1v) is 9.29. The van der Waals surface area contributed by atoms with Crippen LogP contribution in [0.4, 0.5) is 19.0 Å². The number of aromatic nitrogens is 3. The Labute approximate surface area is 169 Å². The Morgan fingerprint density at radius 1 is 1.30 bits per heavy atom. The van der Waals surface area contributed by atoms with E-state index in [4.69, 9.17) is 9.47 Å². The van der Waals surface area contributed by atoms with Crippen molar-refractivity contribution in [2.45, 2.75) is 25.5 Å². The summed E-state index contributed by atoms with van der Waals surface area (Å²) < 4.78 is 52.6. The van der Waals surface area contributed by atoms with E-state index in [9.17, 15) is 18.0 Å². The van der Waals surface area contributed by atoms with Gasteiger partial charge in [-0.2, -0.15) is 5.10 Å². The van der Waals surface area contributed by atoms with Crippen LogP contribution >= 0.6 is 0 Å². The van der Waals surface area contributed by atoms with Crippen LogP contribution < -0.4 is 15.6 Å². The molecule has 3 aromatic rings. The van der Waals surface area contributed by atoms with Crippen LogP contribution in [-0.4, -0.2) is 34.1 Å². The second-order valence-corrected chi connectivity index (χ2v) is 7.04. The van der Waals surface area contributed by atoms with Gasteiger partial charge in [0.1, 0.15) is 23.2 Å². The van der Waals surface area contributed by atoms with Crippen molar-refractivity contribution < 1.29 is 22.6 Å². The molecule has 0 aliphatic carbocycles. The average molecular weight is 420 g/mol. The molecule has 2 aromatic heterocycles. The van der Waals surface area contributed by atoms with Crippen LogP contribution in [-0.2, 0) is 11.8 Å². The maximum atomic E-state index is 14.5. The molecule has 1 aliphatic rings. The first-order chi connectivity index (χ1) is 14.3. The smallest absolute Gasteiger partial charge is 0.293 e. The number of fused-ring (bicyclic) bond motifs is 1. The Morgan fingerprint density at radius 3 is 2.70 bits per heavy atom. The average Bonchev–Trinajstić information content (AvgIpc) is 2.68. The quantitative estimate of drug-likeness (QED) is 0.659. The summed E-state index contributed by atoms with van der Waals surface area (Å²) in [7, 11) is 1.47. The van der Waals surface area contributed by atoms with E-state index >= 15 is 0 Å². The number of halogens is 3. The Hall–Kier alpha value is -3.14. The lowest BCUT2D eigenvalue weighted by molar-refractivity contribution is -0.0797. The van der Waals surface area contributed by atoms with Crippen molar-refractivity contribution in [2.24, 2.45) is 7.05 Å². The summed E-state index contributed by atoms with van der Waals surface area (Å²) in [6, 6.07) is 4.76. The van der Waals surface area contributed by atoms with Crippen molar-refractivity contribution >= 4 is 16.7 Å². The molecule has 0 saturated carbocycles. The minimum absolute atomic E-state index is 0.0589. The molecule has 1 aromatic carbocycles. The Bertz CT molecular complexity index is 1150. The van der Waals surface area contributed by atoms with Crippen LogP contribution in [0.1, 0.15) is 30.5 Å². The summed E-state index contributed by atoms with van der Waals surface area (Å²) in [6.07, 6.45) is -1.57. The van der Waals surface area contributed by atoms with Crippen molar-refractivity contribution in [3.8, 4) is 5.75 Å². The van der Waals surface area contributed by atoms with E-state index in [-0.39, 0.29) is 23.0 Å². The Balaban J connectivity index is 1.72. The fourth-order valence-electron chi connectivity index (χ4n) is 3.20. The van der Waals surface area contributed by atoms with E-state index < -0.39 is 29.4 Å². The van der Waals surface area contributed by atoms with Crippen molar-refractivity contribution in [1.82, 2.24) is 14.8 Å². The first kappa shape index (κ1) is 20.1. The maximum absolute atomic E-state index is 14.5. The predicted molar refractivity (Wildman–Crippen MR) is 103 cm³/mol. The summed E-state index contributed by atoms with van der Waals surface area (Å²) in [5, 5.41) is 7.60. The highest BCUT2D eigenvalue weighted by molar-refractivity contribution is 5.89. The van der Waals surface area contributed by atoms with E-state index in [0.29, 0.717) is 24.3 Å². The van der Waals surface area contributed by atoms with Crippen LogP contribution in [0.25, 0.3) is 10.9 Å². The number of ether oxygens (including phenoxy) is 2. The SMILES string of the molecule is C[C@@H](Nc1nn(C)c(=O)c2ncc(OC3COC3)cc12)c1cccc(C(F)F)c1F. The molecule has 0 spiro atoms. The van der Waals surface area contributed by atoms with Gasteiger partial charge in [0.05, 0.1) is 36.4 Å². The Morgan fingerprint density at radius 2 is 2.03 bits per heavy atom. The van der Waals surface area contributed by atoms with Crippen LogP contribution in [0.2, 0.25) is 0 Å². The number of nitrogens with one attached hydrogen (secondary N) is 1. The van der Waals surface area contributed by atoms with Gasteiger partial charge in [-0.1, -0.05) is 18.2 Å². The summed E-state index contributed by atoms with van der Waals surface area (Å²) in [4.78, 5) is 16.6. The van der Waals surface area contributed by atoms with Gasteiger partial charge in [0.15, 0.2) is 5.82 Å². The van der Waals surface area contributed by atoms with Gasteiger partial charge in [0, 0.05) is 12.6 Å². The number of hydrogen-bond donors (Lipinski definition) is 1. The molecule has 7 nitrogen and oxygen atoms in total. The highest BCUT2D eigenvalue weighted by Crippen LogP contribution is 2.30.